The Balaban J connectivity index is 1.64. The van der Waals surface area contributed by atoms with Crippen LogP contribution in [0.3, 0.4) is 0 Å². The van der Waals surface area contributed by atoms with Crippen molar-refractivity contribution in [3.8, 4) is 0 Å². The van der Waals surface area contributed by atoms with Gasteiger partial charge in [-0.2, -0.15) is 4.98 Å². The Bertz CT molecular complexity index is 655. The fraction of sp³-hybridized carbons (Fsp3) is 0.562. The maximum absolute atomic E-state index is 12.6. The number of hydrogen-bond donors (Lipinski definition) is 0. The average Bonchev–Trinajstić information content (AvgIpc) is 3.26. The van der Waals surface area contributed by atoms with Crippen molar-refractivity contribution in [1.82, 2.24) is 19.9 Å². The molecular formula is C16H22N4O2S. The maximum Gasteiger partial charge on any atom is 0.237 e. The van der Waals surface area contributed by atoms with Gasteiger partial charge in [-0.1, -0.05) is 11.2 Å². The third-order valence-electron chi connectivity index (χ3n) is 4.47. The molecule has 7 heteroatoms. The third kappa shape index (κ3) is 3.45. The van der Waals surface area contributed by atoms with Crippen LogP contribution < -0.4 is 0 Å². The summed E-state index contributed by atoms with van der Waals surface area (Å²) in [6.07, 6.45) is 2.02. The first-order valence-electron chi connectivity index (χ1n) is 7.89. The van der Waals surface area contributed by atoms with Gasteiger partial charge in [-0.05, 0) is 37.8 Å². The molecule has 0 saturated carbocycles. The summed E-state index contributed by atoms with van der Waals surface area (Å²) in [5.41, 5.74) is 0. The van der Waals surface area contributed by atoms with E-state index in [1.54, 1.807) is 18.3 Å². The van der Waals surface area contributed by atoms with Crippen molar-refractivity contribution in [2.75, 3.05) is 20.1 Å². The van der Waals surface area contributed by atoms with Crippen molar-refractivity contribution >= 4 is 17.2 Å². The molecule has 2 aromatic rings. The van der Waals surface area contributed by atoms with Gasteiger partial charge in [0.15, 0.2) is 5.82 Å². The molecule has 0 spiro atoms. The number of aryl methyl sites for hydroxylation is 1. The third-order valence-corrected chi connectivity index (χ3v) is 5.52. The molecule has 0 aliphatic carbocycles. The van der Waals surface area contributed by atoms with Gasteiger partial charge in [-0.25, -0.2) is 0 Å². The molecule has 1 amide bonds. The summed E-state index contributed by atoms with van der Waals surface area (Å²) in [5.74, 6) is 1.39. The number of likely N-dealkylation sites (N-methyl/N-ethyl adjacent to an activating group) is 1. The van der Waals surface area contributed by atoms with Gasteiger partial charge in [0.05, 0.1) is 18.6 Å². The van der Waals surface area contributed by atoms with Gasteiger partial charge in [0.2, 0.25) is 11.8 Å². The normalized spacial score (nSPS) is 19.9. The molecule has 0 unspecified atom stereocenters. The van der Waals surface area contributed by atoms with Gasteiger partial charge in [0.25, 0.3) is 0 Å². The van der Waals surface area contributed by atoms with Crippen LogP contribution >= 0.6 is 11.3 Å². The molecule has 0 N–H and O–H groups in total. The van der Waals surface area contributed by atoms with E-state index < -0.39 is 0 Å². The lowest BCUT2D eigenvalue weighted by atomic mass is 10.2. The van der Waals surface area contributed by atoms with Crippen LogP contribution in [0.15, 0.2) is 22.0 Å². The lowest BCUT2D eigenvalue weighted by molar-refractivity contribution is -0.133. The maximum atomic E-state index is 12.6. The fourth-order valence-corrected chi connectivity index (χ4v) is 3.81. The Morgan fingerprint density at radius 2 is 2.43 bits per heavy atom. The predicted molar refractivity (Wildman–Crippen MR) is 88.1 cm³/mol. The van der Waals surface area contributed by atoms with Crippen LogP contribution in [0.4, 0.5) is 0 Å². The number of aromatic nitrogens is 2. The van der Waals surface area contributed by atoms with Crippen LogP contribution in [-0.2, 0) is 4.79 Å². The predicted octanol–water partition coefficient (Wildman–Crippen LogP) is 2.80. The van der Waals surface area contributed by atoms with Gasteiger partial charge in [0, 0.05) is 18.8 Å². The smallest absolute Gasteiger partial charge is 0.237 e. The van der Waals surface area contributed by atoms with E-state index in [1.165, 1.54) is 4.88 Å². The number of thiophene rings is 1. The largest absolute Gasteiger partial charge is 0.340 e. The van der Waals surface area contributed by atoms with Crippen molar-refractivity contribution < 1.29 is 9.32 Å². The molecule has 0 bridgehead atoms. The molecule has 0 radical (unpaired) electrons. The highest BCUT2D eigenvalue weighted by atomic mass is 32.1. The number of amides is 1. The summed E-state index contributed by atoms with van der Waals surface area (Å²) in [7, 11) is 1.87. The zero-order valence-electron chi connectivity index (χ0n) is 13.7. The minimum Gasteiger partial charge on any atom is -0.340 e. The molecule has 1 saturated heterocycles. The Morgan fingerprint density at radius 1 is 1.61 bits per heavy atom. The summed E-state index contributed by atoms with van der Waals surface area (Å²) in [4.78, 5) is 22.2. The van der Waals surface area contributed by atoms with E-state index in [0.29, 0.717) is 18.3 Å². The molecule has 124 valence electrons. The number of hydrogen-bond acceptors (Lipinski definition) is 6. The van der Waals surface area contributed by atoms with Gasteiger partial charge >= 0.3 is 0 Å². The number of rotatable bonds is 5. The Morgan fingerprint density at radius 3 is 3.09 bits per heavy atom. The van der Waals surface area contributed by atoms with Gasteiger partial charge in [-0.15, -0.1) is 11.3 Å². The van der Waals surface area contributed by atoms with Crippen molar-refractivity contribution in [2.24, 2.45) is 0 Å². The molecule has 23 heavy (non-hydrogen) atoms. The lowest BCUT2D eigenvalue weighted by Gasteiger charge is -2.28. The summed E-state index contributed by atoms with van der Waals surface area (Å²) in [5, 5.41) is 6.07. The van der Waals surface area contributed by atoms with Crippen LogP contribution in [0, 0.1) is 6.92 Å². The topological polar surface area (TPSA) is 62.5 Å². The minimum absolute atomic E-state index is 0.0850. The highest BCUT2D eigenvalue weighted by Crippen LogP contribution is 2.30. The number of carbonyl (C=O) groups is 1. The Hall–Kier alpha value is -1.73. The molecule has 2 aromatic heterocycles. The lowest BCUT2D eigenvalue weighted by Crippen LogP contribution is -2.39. The SMILES string of the molecule is Cc1nc([C@@H]2CCCN2CC(=O)N(C)[C@@H](C)c2cccs2)no1. The molecule has 1 fully saturated rings. The van der Waals surface area contributed by atoms with Gasteiger partial charge < -0.3 is 9.42 Å². The van der Waals surface area contributed by atoms with Crippen LogP contribution in [0.1, 0.15) is 48.4 Å². The number of likely N-dealkylation sites (tertiary alicyclic amines) is 1. The van der Waals surface area contributed by atoms with Crippen molar-refractivity contribution in [1.29, 1.82) is 0 Å². The summed E-state index contributed by atoms with van der Waals surface area (Å²) < 4.78 is 5.08. The van der Waals surface area contributed by atoms with E-state index >= 15 is 0 Å². The summed E-state index contributed by atoms with van der Waals surface area (Å²) in [6.45, 7) is 5.14. The fourth-order valence-electron chi connectivity index (χ4n) is 2.98. The Kier molecular flexibility index (Phi) is 4.77. The number of carbonyl (C=O) groups excluding carboxylic acids is 1. The minimum atomic E-state index is 0.0850. The Labute approximate surface area is 140 Å². The van der Waals surface area contributed by atoms with Crippen molar-refractivity contribution in [3.63, 3.8) is 0 Å². The van der Waals surface area contributed by atoms with E-state index in [-0.39, 0.29) is 18.0 Å². The molecule has 1 aliphatic heterocycles. The van der Waals surface area contributed by atoms with Crippen LogP contribution in [0.25, 0.3) is 0 Å². The molecule has 3 rings (SSSR count). The molecule has 2 atom stereocenters. The van der Waals surface area contributed by atoms with Crippen LogP contribution in [-0.4, -0.2) is 46.0 Å². The summed E-state index contributed by atoms with van der Waals surface area (Å²) in [6, 6.07) is 4.27. The zero-order valence-corrected chi connectivity index (χ0v) is 14.5. The first kappa shape index (κ1) is 16.1. The highest BCUT2D eigenvalue weighted by molar-refractivity contribution is 7.10. The van der Waals surface area contributed by atoms with Crippen LogP contribution in [0.2, 0.25) is 0 Å². The second kappa shape index (κ2) is 6.80. The summed E-state index contributed by atoms with van der Waals surface area (Å²) >= 11 is 1.68. The highest BCUT2D eigenvalue weighted by Gasteiger charge is 2.32. The zero-order chi connectivity index (χ0) is 16.4. The standard InChI is InChI=1S/C16H22N4O2S/c1-11(14-7-5-9-23-14)19(3)15(21)10-20-8-4-6-13(20)16-17-12(2)22-18-16/h5,7,9,11,13H,4,6,8,10H2,1-3H3/t11-,13-/m0/s1. The van der Waals surface area contributed by atoms with Gasteiger partial charge in [-0.3, -0.25) is 9.69 Å². The van der Waals surface area contributed by atoms with Crippen molar-refractivity contribution in [2.45, 2.75) is 38.8 Å². The average molecular weight is 334 g/mol. The van der Waals surface area contributed by atoms with Crippen LogP contribution in [0.5, 0.6) is 0 Å². The second-order valence-electron chi connectivity index (χ2n) is 6.00. The molecular weight excluding hydrogens is 312 g/mol. The molecule has 1 aliphatic rings. The monoisotopic (exact) mass is 334 g/mol. The molecule has 6 nitrogen and oxygen atoms in total. The quantitative estimate of drug-likeness (QED) is 0.841. The van der Waals surface area contributed by atoms with E-state index in [4.69, 9.17) is 4.52 Å². The van der Waals surface area contributed by atoms with E-state index in [0.717, 1.165) is 19.4 Å². The van der Waals surface area contributed by atoms with E-state index in [2.05, 4.69) is 28.0 Å². The second-order valence-corrected chi connectivity index (χ2v) is 6.98. The molecule has 3 heterocycles. The first-order chi connectivity index (χ1) is 11.1. The number of nitrogens with zero attached hydrogens (tertiary/aromatic N) is 4. The van der Waals surface area contributed by atoms with Gasteiger partial charge in [0.1, 0.15) is 0 Å². The van der Waals surface area contributed by atoms with Crippen molar-refractivity contribution in [3.05, 3.63) is 34.1 Å². The van der Waals surface area contributed by atoms with E-state index in [1.807, 2.05) is 23.4 Å². The first-order valence-corrected chi connectivity index (χ1v) is 8.77. The van der Waals surface area contributed by atoms with E-state index in [9.17, 15) is 4.79 Å². The molecule has 0 aromatic carbocycles.